The third kappa shape index (κ3) is 3.06. The Hall–Kier alpha value is -1.52. The molecule has 5 heteroatoms. The van der Waals surface area contributed by atoms with Crippen molar-refractivity contribution in [3.63, 3.8) is 0 Å². The maximum atomic E-state index is 12.3. The maximum Gasteiger partial charge on any atom is 0.264 e. The van der Waals surface area contributed by atoms with Gasteiger partial charge in [-0.1, -0.05) is 23.7 Å². The summed E-state index contributed by atoms with van der Waals surface area (Å²) in [7, 11) is 0. The van der Waals surface area contributed by atoms with Gasteiger partial charge in [0.15, 0.2) is 0 Å². The molecule has 0 spiro atoms. The van der Waals surface area contributed by atoms with E-state index in [2.05, 4.69) is 11.8 Å². The van der Waals surface area contributed by atoms with Gasteiger partial charge in [-0.05, 0) is 36.1 Å². The van der Waals surface area contributed by atoms with Gasteiger partial charge in [-0.25, -0.2) is 0 Å². The second kappa shape index (κ2) is 6.08. The summed E-state index contributed by atoms with van der Waals surface area (Å²) in [5, 5.41) is 2.70. The number of rotatable bonds is 2. The Morgan fingerprint density at radius 1 is 1.19 bits per heavy atom. The average molecular weight is 321 g/mol. The lowest BCUT2D eigenvalue weighted by Gasteiger charge is -2.36. The van der Waals surface area contributed by atoms with Gasteiger partial charge in [0.2, 0.25) is 0 Å². The van der Waals surface area contributed by atoms with E-state index in [9.17, 15) is 4.79 Å². The van der Waals surface area contributed by atoms with Crippen LogP contribution in [0.1, 0.15) is 15.2 Å². The molecule has 3 nitrogen and oxygen atoms in total. The molecule has 1 saturated heterocycles. The Morgan fingerprint density at radius 3 is 2.62 bits per heavy atom. The number of carbonyl (C=O) groups excluding carboxylic acids is 1. The van der Waals surface area contributed by atoms with Crippen molar-refractivity contribution in [3.8, 4) is 0 Å². The number of nitrogens with zero attached hydrogens (tertiary/aromatic N) is 2. The highest BCUT2D eigenvalue weighted by molar-refractivity contribution is 7.12. The molecule has 1 aliphatic heterocycles. The molecule has 0 bridgehead atoms. The summed E-state index contributed by atoms with van der Waals surface area (Å²) in [4.78, 5) is 17.4. The topological polar surface area (TPSA) is 23.6 Å². The number of anilines is 1. The molecular weight excluding hydrogens is 304 g/mol. The van der Waals surface area contributed by atoms with Crippen LogP contribution in [0.15, 0.2) is 35.7 Å². The highest BCUT2D eigenvalue weighted by atomic mass is 35.5. The molecule has 0 saturated carbocycles. The van der Waals surface area contributed by atoms with E-state index in [-0.39, 0.29) is 5.91 Å². The molecule has 3 rings (SSSR count). The molecule has 110 valence electrons. The summed E-state index contributed by atoms with van der Waals surface area (Å²) in [6.45, 7) is 5.29. The van der Waals surface area contributed by atoms with Gasteiger partial charge in [-0.15, -0.1) is 11.3 Å². The average Bonchev–Trinajstić information content (AvgIpc) is 3.03. The van der Waals surface area contributed by atoms with E-state index < -0.39 is 0 Å². The van der Waals surface area contributed by atoms with Crippen LogP contribution in [0.2, 0.25) is 5.02 Å². The molecule has 21 heavy (non-hydrogen) atoms. The van der Waals surface area contributed by atoms with E-state index >= 15 is 0 Å². The Labute approximate surface area is 133 Å². The van der Waals surface area contributed by atoms with Gasteiger partial charge in [0.25, 0.3) is 5.91 Å². The van der Waals surface area contributed by atoms with Crippen molar-refractivity contribution in [1.29, 1.82) is 0 Å². The molecule has 2 heterocycles. The molecule has 1 aromatic carbocycles. The van der Waals surface area contributed by atoms with Crippen molar-refractivity contribution in [2.75, 3.05) is 31.1 Å². The van der Waals surface area contributed by atoms with Crippen LogP contribution in [-0.2, 0) is 0 Å². The third-order valence-corrected chi connectivity index (χ3v) is 4.90. The highest BCUT2D eigenvalue weighted by Crippen LogP contribution is 2.25. The first-order valence-electron chi connectivity index (χ1n) is 6.99. The van der Waals surface area contributed by atoms with Crippen molar-refractivity contribution in [2.45, 2.75) is 6.92 Å². The van der Waals surface area contributed by atoms with Crippen LogP contribution in [0.4, 0.5) is 5.69 Å². The van der Waals surface area contributed by atoms with E-state index in [1.807, 2.05) is 40.6 Å². The summed E-state index contributed by atoms with van der Waals surface area (Å²) >= 11 is 7.60. The molecule has 0 unspecified atom stereocenters. The van der Waals surface area contributed by atoms with Crippen LogP contribution in [-0.4, -0.2) is 37.0 Å². The fourth-order valence-electron chi connectivity index (χ4n) is 2.63. The smallest absolute Gasteiger partial charge is 0.264 e. The molecule has 1 amide bonds. The quantitative estimate of drug-likeness (QED) is 0.843. The number of carbonyl (C=O) groups is 1. The summed E-state index contributed by atoms with van der Waals surface area (Å²) in [6.07, 6.45) is 0. The monoisotopic (exact) mass is 320 g/mol. The zero-order chi connectivity index (χ0) is 14.8. The second-order valence-electron chi connectivity index (χ2n) is 5.19. The number of benzene rings is 1. The maximum absolute atomic E-state index is 12.3. The van der Waals surface area contributed by atoms with Gasteiger partial charge < -0.3 is 9.80 Å². The van der Waals surface area contributed by atoms with E-state index in [0.29, 0.717) is 0 Å². The molecule has 1 fully saturated rings. The fraction of sp³-hybridized carbons (Fsp3) is 0.312. The molecule has 0 radical (unpaired) electrons. The standard InChI is InChI=1S/C16H17ClN2OS/c1-12-4-5-13(17)11-14(12)18-6-8-19(9-7-18)16(20)15-3-2-10-21-15/h2-5,10-11H,6-9H2,1H3. The van der Waals surface area contributed by atoms with Crippen LogP contribution in [0.25, 0.3) is 0 Å². The van der Waals surface area contributed by atoms with Crippen molar-refractivity contribution in [2.24, 2.45) is 0 Å². The Bertz CT molecular complexity index is 634. The van der Waals surface area contributed by atoms with Gasteiger partial charge in [-0.3, -0.25) is 4.79 Å². The lowest BCUT2D eigenvalue weighted by atomic mass is 10.1. The van der Waals surface area contributed by atoms with Gasteiger partial charge in [0.1, 0.15) is 0 Å². The minimum atomic E-state index is 0.146. The van der Waals surface area contributed by atoms with Crippen molar-refractivity contribution >= 4 is 34.5 Å². The van der Waals surface area contributed by atoms with Gasteiger partial charge in [0, 0.05) is 36.9 Å². The summed E-state index contributed by atoms with van der Waals surface area (Å²) in [5.74, 6) is 0.146. The summed E-state index contributed by atoms with van der Waals surface area (Å²) in [6, 6.07) is 9.77. The Balaban J connectivity index is 1.68. The number of hydrogen-bond donors (Lipinski definition) is 0. The minimum Gasteiger partial charge on any atom is -0.368 e. The number of amides is 1. The first kappa shape index (κ1) is 14.4. The third-order valence-electron chi connectivity index (χ3n) is 3.81. The molecule has 0 atom stereocenters. The predicted octanol–water partition coefficient (Wildman–Crippen LogP) is 3.67. The Morgan fingerprint density at radius 2 is 1.95 bits per heavy atom. The van der Waals surface area contributed by atoms with E-state index in [1.54, 1.807) is 0 Å². The first-order chi connectivity index (χ1) is 10.1. The van der Waals surface area contributed by atoms with Crippen molar-refractivity contribution in [1.82, 2.24) is 4.90 Å². The van der Waals surface area contributed by atoms with E-state index in [1.165, 1.54) is 22.6 Å². The molecule has 1 aliphatic rings. The molecule has 0 N–H and O–H groups in total. The van der Waals surface area contributed by atoms with Crippen LogP contribution in [0, 0.1) is 6.92 Å². The SMILES string of the molecule is Cc1ccc(Cl)cc1N1CCN(C(=O)c2cccs2)CC1. The largest absolute Gasteiger partial charge is 0.368 e. The number of halogens is 1. The van der Waals surface area contributed by atoms with Crippen LogP contribution in [0.5, 0.6) is 0 Å². The number of thiophene rings is 1. The zero-order valence-corrected chi connectivity index (χ0v) is 13.5. The zero-order valence-electron chi connectivity index (χ0n) is 11.9. The normalized spacial score (nSPS) is 15.3. The van der Waals surface area contributed by atoms with E-state index in [0.717, 1.165) is 36.1 Å². The predicted molar refractivity (Wildman–Crippen MR) is 88.6 cm³/mol. The summed E-state index contributed by atoms with van der Waals surface area (Å²) < 4.78 is 0. The molecule has 1 aromatic heterocycles. The minimum absolute atomic E-state index is 0.146. The molecular formula is C16H17ClN2OS. The number of hydrogen-bond acceptors (Lipinski definition) is 3. The first-order valence-corrected chi connectivity index (χ1v) is 8.25. The Kier molecular flexibility index (Phi) is 4.17. The van der Waals surface area contributed by atoms with Crippen LogP contribution >= 0.6 is 22.9 Å². The van der Waals surface area contributed by atoms with Gasteiger partial charge in [-0.2, -0.15) is 0 Å². The van der Waals surface area contributed by atoms with Crippen molar-refractivity contribution < 1.29 is 4.79 Å². The van der Waals surface area contributed by atoms with Gasteiger partial charge >= 0.3 is 0 Å². The van der Waals surface area contributed by atoms with E-state index in [4.69, 9.17) is 11.6 Å². The molecule has 2 aromatic rings. The number of aryl methyl sites for hydroxylation is 1. The second-order valence-corrected chi connectivity index (χ2v) is 6.57. The van der Waals surface area contributed by atoms with Crippen LogP contribution < -0.4 is 4.90 Å². The lowest BCUT2D eigenvalue weighted by molar-refractivity contribution is 0.0751. The van der Waals surface area contributed by atoms with Crippen molar-refractivity contribution in [3.05, 3.63) is 51.2 Å². The fourth-order valence-corrected chi connectivity index (χ4v) is 3.49. The highest BCUT2D eigenvalue weighted by Gasteiger charge is 2.23. The number of piperazine rings is 1. The van der Waals surface area contributed by atoms with Crippen LogP contribution in [0.3, 0.4) is 0 Å². The molecule has 0 aliphatic carbocycles. The van der Waals surface area contributed by atoms with Gasteiger partial charge in [0.05, 0.1) is 4.88 Å². The lowest BCUT2D eigenvalue weighted by Crippen LogP contribution is -2.48. The summed E-state index contributed by atoms with van der Waals surface area (Å²) in [5.41, 5.74) is 2.39.